The first-order valence-electron chi connectivity index (χ1n) is 9.97. The molecule has 0 saturated carbocycles. The summed E-state index contributed by atoms with van der Waals surface area (Å²) in [7, 11) is 0. The van der Waals surface area contributed by atoms with E-state index < -0.39 is 17.7 Å². The van der Waals surface area contributed by atoms with Gasteiger partial charge in [-0.3, -0.25) is 4.79 Å². The van der Waals surface area contributed by atoms with Gasteiger partial charge in [0.2, 0.25) is 5.91 Å². The molecule has 156 valence electrons. The number of hydrogen-bond acceptors (Lipinski definition) is 4. The van der Waals surface area contributed by atoms with E-state index >= 15 is 0 Å². The normalized spacial score (nSPS) is 15.8. The van der Waals surface area contributed by atoms with Crippen molar-refractivity contribution in [1.82, 2.24) is 4.90 Å². The molecule has 0 radical (unpaired) electrons. The van der Waals surface area contributed by atoms with Crippen molar-refractivity contribution in [1.29, 1.82) is 0 Å². The van der Waals surface area contributed by atoms with Gasteiger partial charge in [0, 0.05) is 49.3 Å². The van der Waals surface area contributed by atoms with E-state index in [0.717, 1.165) is 56.1 Å². The number of benzene rings is 2. The summed E-state index contributed by atoms with van der Waals surface area (Å²) in [5.74, 6) is -2.26. The molecule has 7 heteroatoms. The van der Waals surface area contributed by atoms with Crippen LogP contribution in [0.25, 0.3) is 0 Å². The molecule has 2 aromatic rings. The maximum Gasteiger partial charge on any atom is 0.246 e. The molecule has 1 atom stereocenters. The van der Waals surface area contributed by atoms with E-state index in [4.69, 9.17) is 0 Å². The first-order chi connectivity index (χ1) is 13.9. The second-order valence-electron chi connectivity index (χ2n) is 7.40. The monoisotopic (exact) mass is 402 g/mol. The van der Waals surface area contributed by atoms with Crippen LogP contribution in [0.2, 0.25) is 0 Å². The second kappa shape index (κ2) is 9.22. The van der Waals surface area contributed by atoms with E-state index in [1.807, 2.05) is 13.0 Å². The number of nitrogens with zero attached hydrogens (tertiary/aromatic N) is 2. The lowest BCUT2D eigenvalue weighted by molar-refractivity contribution is -0.116. The molecule has 0 aliphatic carbocycles. The van der Waals surface area contributed by atoms with Gasteiger partial charge in [-0.1, -0.05) is 6.92 Å². The maximum atomic E-state index is 13.3. The molecule has 0 bridgehead atoms. The molecule has 1 heterocycles. The summed E-state index contributed by atoms with van der Waals surface area (Å²) >= 11 is 0. The minimum absolute atomic E-state index is 0.223. The van der Waals surface area contributed by atoms with E-state index in [1.165, 1.54) is 11.8 Å². The quantitative estimate of drug-likeness (QED) is 0.771. The Morgan fingerprint density at radius 2 is 1.79 bits per heavy atom. The van der Waals surface area contributed by atoms with Crippen LogP contribution in [0.15, 0.2) is 36.4 Å². The summed E-state index contributed by atoms with van der Waals surface area (Å²) in [5.41, 5.74) is 3.32. The summed E-state index contributed by atoms with van der Waals surface area (Å²) < 4.78 is 26.3. The van der Waals surface area contributed by atoms with Crippen LogP contribution in [-0.4, -0.2) is 49.6 Å². The number of halogens is 2. The van der Waals surface area contributed by atoms with E-state index in [9.17, 15) is 13.6 Å². The van der Waals surface area contributed by atoms with Gasteiger partial charge in [-0.25, -0.2) is 8.78 Å². The average molecular weight is 402 g/mol. The highest BCUT2D eigenvalue weighted by molar-refractivity contribution is 5.96. The van der Waals surface area contributed by atoms with Crippen molar-refractivity contribution in [3.63, 3.8) is 0 Å². The maximum absolute atomic E-state index is 13.3. The molecule has 0 spiro atoms. The Morgan fingerprint density at radius 3 is 2.41 bits per heavy atom. The zero-order valence-corrected chi connectivity index (χ0v) is 17.1. The van der Waals surface area contributed by atoms with Crippen molar-refractivity contribution in [3.05, 3.63) is 53.6 Å². The van der Waals surface area contributed by atoms with Gasteiger partial charge >= 0.3 is 0 Å². The molecular formula is C22H28F2N4O. The minimum atomic E-state index is -0.991. The number of aryl methyl sites for hydroxylation is 1. The lowest BCUT2D eigenvalue weighted by Crippen LogP contribution is -2.46. The lowest BCUT2D eigenvalue weighted by atomic mass is 10.1. The van der Waals surface area contributed by atoms with Crippen LogP contribution < -0.4 is 15.5 Å². The SMILES string of the molecule is CCN1CCN(c2ccc(N[C@@H](C)C(=O)Nc3ccc(F)c(F)c3)c(C)c2)CC1. The van der Waals surface area contributed by atoms with Gasteiger partial charge in [-0.15, -0.1) is 0 Å². The number of carbonyl (C=O) groups excluding carboxylic acids is 1. The summed E-state index contributed by atoms with van der Waals surface area (Å²) in [6.45, 7) is 11.2. The lowest BCUT2D eigenvalue weighted by Gasteiger charge is -2.35. The highest BCUT2D eigenvalue weighted by atomic mass is 19.2. The van der Waals surface area contributed by atoms with E-state index in [1.54, 1.807) is 6.92 Å². The molecule has 1 amide bonds. The smallest absolute Gasteiger partial charge is 0.246 e. The third kappa shape index (κ3) is 5.23. The molecule has 2 aromatic carbocycles. The third-order valence-electron chi connectivity index (χ3n) is 5.35. The van der Waals surface area contributed by atoms with Gasteiger partial charge in [0.1, 0.15) is 6.04 Å². The molecule has 0 unspecified atom stereocenters. The van der Waals surface area contributed by atoms with Crippen molar-refractivity contribution in [2.75, 3.05) is 48.3 Å². The minimum Gasteiger partial charge on any atom is -0.374 e. The molecule has 1 saturated heterocycles. The van der Waals surface area contributed by atoms with Crippen LogP contribution >= 0.6 is 0 Å². The number of likely N-dealkylation sites (N-methyl/N-ethyl adjacent to an activating group) is 1. The molecular weight excluding hydrogens is 374 g/mol. The number of piperazine rings is 1. The number of rotatable bonds is 6. The average Bonchev–Trinajstić information content (AvgIpc) is 2.72. The molecule has 29 heavy (non-hydrogen) atoms. The van der Waals surface area contributed by atoms with Crippen LogP contribution in [-0.2, 0) is 4.79 Å². The van der Waals surface area contributed by atoms with Crippen LogP contribution in [0, 0.1) is 18.6 Å². The molecule has 1 fully saturated rings. The number of anilines is 3. The molecule has 1 aliphatic rings. The number of carbonyl (C=O) groups is 1. The van der Waals surface area contributed by atoms with Crippen molar-refractivity contribution in [2.45, 2.75) is 26.8 Å². The molecule has 1 aliphatic heterocycles. The summed E-state index contributed by atoms with van der Waals surface area (Å²) in [6.07, 6.45) is 0. The Hall–Kier alpha value is -2.67. The summed E-state index contributed by atoms with van der Waals surface area (Å²) in [5, 5.41) is 5.80. The van der Waals surface area contributed by atoms with Gasteiger partial charge < -0.3 is 20.4 Å². The van der Waals surface area contributed by atoms with Crippen molar-refractivity contribution in [2.24, 2.45) is 0 Å². The number of nitrogens with one attached hydrogen (secondary N) is 2. The van der Waals surface area contributed by atoms with Crippen molar-refractivity contribution in [3.8, 4) is 0 Å². The fourth-order valence-corrected chi connectivity index (χ4v) is 3.45. The predicted molar refractivity (Wildman–Crippen MR) is 114 cm³/mol. The number of amides is 1. The van der Waals surface area contributed by atoms with Gasteiger partial charge in [0.15, 0.2) is 11.6 Å². The Kier molecular flexibility index (Phi) is 6.69. The van der Waals surface area contributed by atoms with Gasteiger partial charge in [0.25, 0.3) is 0 Å². The highest BCUT2D eigenvalue weighted by Crippen LogP contribution is 2.24. The topological polar surface area (TPSA) is 47.6 Å². The summed E-state index contributed by atoms with van der Waals surface area (Å²) in [6, 6.07) is 8.94. The third-order valence-corrected chi connectivity index (χ3v) is 5.35. The Bertz CT molecular complexity index is 866. The van der Waals surface area contributed by atoms with Crippen LogP contribution in [0.1, 0.15) is 19.4 Å². The fourth-order valence-electron chi connectivity index (χ4n) is 3.45. The van der Waals surface area contributed by atoms with Crippen LogP contribution in [0.3, 0.4) is 0 Å². The Balaban J connectivity index is 1.60. The first-order valence-corrected chi connectivity index (χ1v) is 9.97. The highest BCUT2D eigenvalue weighted by Gasteiger charge is 2.18. The molecule has 2 N–H and O–H groups in total. The van der Waals surface area contributed by atoms with Crippen LogP contribution in [0.5, 0.6) is 0 Å². The van der Waals surface area contributed by atoms with Gasteiger partial charge in [0.05, 0.1) is 0 Å². The Labute approximate surface area is 170 Å². The predicted octanol–water partition coefficient (Wildman–Crippen LogP) is 3.85. The van der Waals surface area contributed by atoms with E-state index in [2.05, 4.69) is 39.5 Å². The first kappa shape index (κ1) is 21.0. The standard InChI is InChI=1S/C22H28F2N4O/c1-4-27-9-11-28(12-10-27)18-6-8-21(15(2)13-18)25-16(3)22(29)26-17-5-7-19(23)20(24)14-17/h5-8,13-14,16,25H,4,9-12H2,1-3H3,(H,26,29)/t16-/m0/s1. The van der Waals surface area contributed by atoms with Crippen molar-refractivity contribution < 1.29 is 13.6 Å². The largest absolute Gasteiger partial charge is 0.374 e. The summed E-state index contributed by atoms with van der Waals surface area (Å²) in [4.78, 5) is 17.2. The molecule has 3 rings (SSSR count). The van der Waals surface area contributed by atoms with Gasteiger partial charge in [-0.05, 0) is 56.3 Å². The second-order valence-corrected chi connectivity index (χ2v) is 7.40. The van der Waals surface area contributed by atoms with E-state index in [0.29, 0.717) is 0 Å². The van der Waals surface area contributed by atoms with Crippen LogP contribution in [0.4, 0.5) is 25.8 Å². The molecule has 0 aromatic heterocycles. The zero-order chi connectivity index (χ0) is 21.0. The fraction of sp³-hybridized carbons (Fsp3) is 0.409. The zero-order valence-electron chi connectivity index (χ0n) is 17.1. The van der Waals surface area contributed by atoms with E-state index in [-0.39, 0.29) is 11.6 Å². The Morgan fingerprint density at radius 1 is 1.07 bits per heavy atom. The van der Waals surface area contributed by atoms with Crippen molar-refractivity contribution >= 4 is 23.0 Å². The molecule has 5 nitrogen and oxygen atoms in total. The number of hydrogen-bond donors (Lipinski definition) is 2. The van der Waals surface area contributed by atoms with Gasteiger partial charge in [-0.2, -0.15) is 0 Å².